The number of hydrogen-bond donors (Lipinski definition) is 1. The minimum atomic E-state index is -0.320. The van der Waals surface area contributed by atoms with Crippen LogP contribution in [0, 0.1) is 0 Å². The monoisotopic (exact) mass is 397 g/mol. The van der Waals surface area contributed by atoms with Crippen molar-refractivity contribution in [2.24, 2.45) is 0 Å². The molecule has 0 aliphatic carbocycles. The molecule has 1 aliphatic heterocycles. The predicted octanol–water partition coefficient (Wildman–Crippen LogP) is 3.76. The number of anilines is 1. The van der Waals surface area contributed by atoms with Crippen LogP contribution in [0.3, 0.4) is 0 Å². The van der Waals surface area contributed by atoms with Crippen molar-refractivity contribution in [3.8, 4) is 11.5 Å². The molecule has 29 heavy (non-hydrogen) atoms. The second-order valence-electron chi connectivity index (χ2n) is 7.01. The topological polar surface area (TPSA) is 80.8 Å². The summed E-state index contributed by atoms with van der Waals surface area (Å²) in [6.45, 7) is 2.83. The molecular formula is C22H27N3O4. The lowest BCUT2D eigenvalue weighted by molar-refractivity contribution is 0.0602. The molecular weight excluding hydrogens is 370 g/mol. The van der Waals surface area contributed by atoms with Crippen LogP contribution in [-0.2, 0) is 0 Å². The van der Waals surface area contributed by atoms with Crippen LogP contribution in [-0.4, -0.2) is 48.5 Å². The maximum absolute atomic E-state index is 13.0. The summed E-state index contributed by atoms with van der Waals surface area (Å²) in [5.41, 5.74) is 1.24. The number of piperidine rings is 1. The third kappa shape index (κ3) is 4.67. The number of ether oxygens (including phenoxy) is 2. The number of nitrogens with zero attached hydrogens (tertiary/aromatic N) is 2. The summed E-state index contributed by atoms with van der Waals surface area (Å²) in [4.78, 5) is 31.8. The Hall–Kier alpha value is -3.09. The van der Waals surface area contributed by atoms with Crippen LogP contribution in [0.4, 0.5) is 5.69 Å². The summed E-state index contributed by atoms with van der Waals surface area (Å²) < 4.78 is 10.5. The lowest BCUT2D eigenvalue weighted by Gasteiger charge is -2.35. The maximum Gasteiger partial charge on any atom is 0.272 e. The first-order chi connectivity index (χ1) is 14.1. The molecule has 1 aromatic carbocycles. The second kappa shape index (κ2) is 9.41. The highest BCUT2D eigenvalue weighted by Gasteiger charge is 2.27. The van der Waals surface area contributed by atoms with Gasteiger partial charge in [-0.2, -0.15) is 0 Å². The van der Waals surface area contributed by atoms with Gasteiger partial charge in [0.2, 0.25) is 0 Å². The number of hydrogen-bond acceptors (Lipinski definition) is 5. The normalized spacial score (nSPS) is 16.2. The predicted molar refractivity (Wildman–Crippen MR) is 111 cm³/mol. The number of pyridine rings is 1. The van der Waals surface area contributed by atoms with Gasteiger partial charge in [-0.25, -0.2) is 0 Å². The molecule has 0 saturated carbocycles. The average molecular weight is 397 g/mol. The third-order valence-electron chi connectivity index (χ3n) is 5.24. The number of nitrogens with one attached hydrogen (secondary N) is 1. The van der Waals surface area contributed by atoms with Gasteiger partial charge in [0.1, 0.15) is 5.69 Å². The van der Waals surface area contributed by atoms with Gasteiger partial charge in [-0.05, 0) is 49.9 Å². The highest BCUT2D eigenvalue weighted by Crippen LogP contribution is 2.30. The summed E-state index contributed by atoms with van der Waals surface area (Å²) >= 11 is 0. The van der Waals surface area contributed by atoms with Crippen molar-refractivity contribution in [1.82, 2.24) is 9.88 Å². The highest BCUT2D eigenvalue weighted by molar-refractivity contribution is 6.05. The molecule has 7 nitrogen and oxygen atoms in total. The Morgan fingerprint density at radius 3 is 2.66 bits per heavy atom. The molecule has 1 fully saturated rings. The van der Waals surface area contributed by atoms with E-state index in [-0.39, 0.29) is 17.9 Å². The first kappa shape index (κ1) is 20.6. The van der Waals surface area contributed by atoms with E-state index in [1.165, 1.54) is 13.3 Å². The molecule has 1 atom stereocenters. The van der Waals surface area contributed by atoms with E-state index in [1.807, 2.05) is 4.90 Å². The van der Waals surface area contributed by atoms with Crippen molar-refractivity contribution >= 4 is 17.5 Å². The number of amides is 2. The van der Waals surface area contributed by atoms with E-state index in [0.717, 1.165) is 32.2 Å². The Bertz CT molecular complexity index is 884. The van der Waals surface area contributed by atoms with Gasteiger partial charge in [-0.15, -0.1) is 0 Å². The molecule has 2 amide bonds. The zero-order chi connectivity index (χ0) is 20.8. The average Bonchev–Trinajstić information content (AvgIpc) is 2.78. The van der Waals surface area contributed by atoms with Gasteiger partial charge >= 0.3 is 0 Å². The first-order valence-electron chi connectivity index (χ1n) is 9.87. The fourth-order valence-electron chi connectivity index (χ4n) is 3.65. The molecule has 1 aliphatic rings. The van der Waals surface area contributed by atoms with Crippen molar-refractivity contribution < 1.29 is 19.1 Å². The molecule has 7 heteroatoms. The van der Waals surface area contributed by atoms with Crippen LogP contribution in [0.15, 0.2) is 36.5 Å². The van der Waals surface area contributed by atoms with Gasteiger partial charge in [0.15, 0.2) is 11.5 Å². The number of methoxy groups -OCH3 is 2. The molecule has 154 valence electrons. The fraction of sp³-hybridized carbons (Fsp3) is 0.409. The zero-order valence-electron chi connectivity index (χ0n) is 17.1. The van der Waals surface area contributed by atoms with Gasteiger partial charge in [0, 0.05) is 36.1 Å². The first-order valence-corrected chi connectivity index (χ1v) is 9.87. The summed E-state index contributed by atoms with van der Waals surface area (Å²) in [6, 6.07) is 8.52. The molecule has 0 spiro atoms. The van der Waals surface area contributed by atoms with Gasteiger partial charge in [0.05, 0.1) is 14.2 Å². The maximum atomic E-state index is 13.0. The Kier molecular flexibility index (Phi) is 6.69. The minimum absolute atomic E-state index is 0.114. The SMILES string of the molecule is CCC1CCCCN1C(=O)c1cc(C(=O)Nc2ccc(OC)c(OC)c2)ccn1. The Morgan fingerprint density at radius 2 is 1.93 bits per heavy atom. The smallest absolute Gasteiger partial charge is 0.272 e. The van der Waals surface area contributed by atoms with E-state index in [4.69, 9.17) is 9.47 Å². The zero-order valence-corrected chi connectivity index (χ0v) is 17.1. The molecule has 0 bridgehead atoms. The molecule has 3 rings (SSSR count). The quantitative estimate of drug-likeness (QED) is 0.803. The van der Waals surface area contributed by atoms with E-state index in [0.29, 0.717) is 28.4 Å². The Balaban J connectivity index is 1.76. The van der Waals surface area contributed by atoms with Crippen LogP contribution in [0.5, 0.6) is 11.5 Å². The van der Waals surface area contributed by atoms with Crippen LogP contribution in [0.2, 0.25) is 0 Å². The fourth-order valence-corrected chi connectivity index (χ4v) is 3.65. The van der Waals surface area contributed by atoms with Crippen molar-refractivity contribution in [2.75, 3.05) is 26.1 Å². The van der Waals surface area contributed by atoms with E-state index in [1.54, 1.807) is 37.4 Å². The van der Waals surface area contributed by atoms with E-state index in [2.05, 4.69) is 17.2 Å². The van der Waals surface area contributed by atoms with E-state index in [9.17, 15) is 9.59 Å². The van der Waals surface area contributed by atoms with Crippen LogP contribution < -0.4 is 14.8 Å². The van der Waals surface area contributed by atoms with E-state index < -0.39 is 0 Å². The molecule has 1 N–H and O–H groups in total. The minimum Gasteiger partial charge on any atom is -0.493 e. The van der Waals surface area contributed by atoms with Gasteiger partial charge in [-0.1, -0.05) is 6.92 Å². The molecule has 0 radical (unpaired) electrons. The van der Waals surface area contributed by atoms with Crippen LogP contribution in [0.1, 0.15) is 53.5 Å². The molecule has 2 aromatic rings. The van der Waals surface area contributed by atoms with Crippen molar-refractivity contribution in [3.63, 3.8) is 0 Å². The van der Waals surface area contributed by atoms with Crippen molar-refractivity contribution in [1.29, 1.82) is 0 Å². The molecule has 2 heterocycles. The second-order valence-corrected chi connectivity index (χ2v) is 7.01. The largest absolute Gasteiger partial charge is 0.493 e. The lowest BCUT2D eigenvalue weighted by atomic mass is 9.99. The van der Waals surface area contributed by atoms with Gasteiger partial charge in [-0.3, -0.25) is 14.6 Å². The van der Waals surface area contributed by atoms with Crippen LogP contribution in [0.25, 0.3) is 0 Å². The number of likely N-dealkylation sites (tertiary alicyclic amines) is 1. The summed E-state index contributed by atoms with van der Waals surface area (Å²) in [5.74, 6) is 0.664. The van der Waals surface area contributed by atoms with Crippen molar-refractivity contribution in [2.45, 2.75) is 38.6 Å². The number of benzene rings is 1. The molecule has 1 unspecified atom stereocenters. The van der Waals surface area contributed by atoms with Crippen molar-refractivity contribution in [3.05, 3.63) is 47.8 Å². The summed E-state index contributed by atoms with van der Waals surface area (Å²) in [7, 11) is 3.09. The van der Waals surface area contributed by atoms with Gasteiger partial charge in [0.25, 0.3) is 11.8 Å². The molecule has 1 aromatic heterocycles. The van der Waals surface area contributed by atoms with Crippen LogP contribution >= 0.6 is 0 Å². The molecule has 1 saturated heterocycles. The standard InChI is InChI=1S/C22H27N3O4/c1-4-17-7-5-6-12-25(17)22(27)18-13-15(10-11-23-18)21(26)24-16-8-9-19(28-2)20(14-16)29-3/h8-11,13-14,17H,4-7,12H2,1-3H3,(H,24,26). The highest BCUT2D eigenvalue weighted by atomic mass is 16.5. The van der Waals surface area contributed by atoms with Gasteiger partial charge < -0.3 is 19.7 Å². The number of rotatable bonds is 6. The number of carbonyl (C=O) groups is 2. The number of carbonyl (C=O) groups excluding carboxylic acids is 2. The number of aromatic nitrogens is 1. The Morgan fingerprint density at radius 1 is 1.14 bits per heavy atom. The summed E-state index contributed by atoms with van der Waals surface area (Å²) in [5, 5.41) is 2.82. The third-order valence-corrected chi connectivity index (χ3v) is 5.24. The van der Waals surface area contributed by atoms with E-state index >= 15 is 0 Å². The summed E-state index contributed by atoms with van der Waals surface area (Å²) in [6.07, 6.45) is 5.58. The Labute approximate surface area is 171 Å². The lowest BCUT2D eigenvalue weighted by Crippen LogP contribution is -2.43.